The van der Waals surface area contributed by atoms with Crippen LogP contribution in [0.4, 0.5) is 0 Å². The Balaban J connectivity index is -0.000000113. The number of Topliss-reactive ketones (excluding diaryl/α,β-unsaturated/α-hetero) is 1. The van der Waals surface area contributed by atoms with Crippen molar-refractivity contribution in [1.29, 1.82) is 0 Å². The Hall–Kier alpha value is -4.86. The highest BCUT2D eigenvalue weighted by Gasteiger charge is 2.05. The van der Waals surface area contributed by atoms with E-state index in [2.05, 4.69) is 124 Å². The van der Waals surface area contributed by atoms with E-state index in [1.54, 1.807) is 40.4 Å². The second-order valence-electron chi connectivity index (χ2n) is 17.2. The minimum absolute atomic E-state index is 0.0185. The van der Waals surface area contributed by atoms with Crippen LogP contribution in [-0.2, 0) is 35.0 Å². The summed E-state index contributed by atoms with van der Waals surface area (Å²) in [4.78, 5) is 20.3. The zero-order valence-electron chi connectivity index (χ0n) is 52.0. The summed E-state index contributed by atoms with van der Waals surface area (Å²) in [6, 6.07) is 28.1. The lowest BCUT2D eigenvalue weighted by Crippen LogP contribution is -2.20. The van der Waals surface area contributed by atoms with Crippen LogP contribution < -0.4 is 0 Å². The normalized spacial score (nSPS) is 11.0. The van der Waals surface area contributed by atoms with Crippen molar-refractivity contribution >= 4 is 27.0 Å². The Morgan fingerprint density at radius 3 is 1.37 bits per heavy atom. The molecule has 3 aromatic rings. The van der Waals surface area contributed by atoms with Gasteiger partial charge in [-0.05, 0) is 124 Å². The van der Waals surface area contributed by atoms with Crippen molar-refractivity contribution in [2.75, 3.05) is 20.5 Å². The molecule has 3 aromatic carbocycles. The molecule has 0 aliphatic carbocycles. The van der Waals surface area contributed by atoms with Crippen molar-refractivity contribution < 1.29 is 33.5 Å². The van der Waals surface area contributed by atoms with Crippen molar-refractivity contribution in [3.8, 4) is 0 Å². The molecule has 0 radical (unpaired) electrons. The highest BCUT2D eigenvalue weighted by molar-refractivity contribution is 7.99. The van der Waals surface area contributed by atoms with Gasteiger partial charge < -0.3 is 24.5 Å². The molecule has 0 saturated carbocycles. The maximum absolute atomic E-state index is 11.4. The molecule has 0 spiro atoms. The highest BCUT2D eigenvalue weighted by atomic mass is 32.2. The average Bonchev–Trinajstić information content (AvgIpc) is 3.42. The smallest absolute Gasteiger partial charge is 0.152 e. The summed E-state index contributed by atoms with van der Waals surface area (Å²) < 4.78 is 21.4. The number of ether oxygens (including phenoxy) is 2. The zero-order valence-corrected chi connectivity index (χ0v) is 52.8. The topological polar surface area (TPSA) is 110 Å². The summed E-state index contributed by atoms with van der Waals surface area (Å²) in [6.45, 7) is 45.2. The third-order valence-electron chi connectivity index (χ3n) is 9.70. The summed E-state index contributed by atoms with van der Waals surface area (Å²) >= 11 is 0. The van der Waals surface area contributed by atoms with E-state index in [0.717, 1.165) is 41.9 Å². The number of ketones is 2. The number of rotatable bonds is 21. The summed E-state index contributed by atoms with van der Waals surface area (Å²) in [5, 5.41) is 17.3. The molecule has 7 nitrogen and oxygen atoms in total. The van der Waals surface area contributed by atoms with Crippen molar-refractivity contribution in [2.24, 2.45) is 0 Å². The second-order valence-corrected chi connectivity index (χ2v) is 19.7. The van der Waals surface area contributed by atoms with Gasteiger partial charge in [0.2, 0.25) is 0 Å². The van der Waals surface area contributed by atoms with Gasteiger partial charge in [-0.3, -0.25) is 9.00 Å². The molecule has 76 heavy (non-hydrogen) atoms. The summed E-state index contributed by atoms with van der Waals surface area (Å²) in [7, 11) is 1.33. The van der Waals surface area contributed by atoms with Gasteiger partial charge in [0.25, 0.3) is 0 Å². The number of benzene rings is 3. The number of aryl methyl sites for hydroxylation is 2. The number of aliphatic hydroxyl groups excluding tert-OH is 2. The van der Waals surface area contributed by atoms with Gasteiger partial charge in [-0.1, -0.05) is 223 Å². The minimum Gasteiger partial charge on any atom is -0.502 e. The first kappa shape index (κ1) is 87.8. The molecule has 0 bridgehead atoms. The molecule has 0 aliphatic rings. The molecule has 8 heteroatoms. The van der Waals surface area contributed by atoms with E-state index in [0.29, 0.717) is 12.8 Å². The fraction of sp³-hybridized carbons (Fsp3) is 0.515. The van der Waals surface area contributed by atoms with E-state index in [4.69, 9.17) is 19.7 Å². The van der Waals surface area contributed by atoms with E-state index in [1.165, 1.54) is 81.9 Å². The molecular formula is C68H118O7S. The van der Waals surface area contributed by atoms with E-state index >= 15 is 0 Å². The first-order valence-electron chi connectivity index (χ1n) is 27.7. The number of methoxy groups -OCH3 is 2. The Bertz CT molecular complexity index is 1810. The van der Waals surface area contributed by atoms with Crippen molar-refractivity contribution in [1.82, 2.24) is 0 Å². The Kier molecular flexibility index (Phi) is 83.4. The maximum atomic E-state index is 11.4. The minimum atomic E-state index is -2.02. The lowest BCUT2D eigenvalue weighted by molar-refractivity contribution is -0.116. The van der Waals surface area contributed by atoms with Crippen LogP contribution in [0.3, 0.4) is 0 Å². The molecule has 438 valence electrons. The molecule has 2 unspecified atom stereocenters. The Morgan fingerprint density at radius 2 is 1.14 bits per heavy atom. The molecule has 0 aromatic heterocycles. The summed E-state index contributed by atoms with van der Waals surface area (Å²) in [6.07, 6.45) is 29.0. The van der Waals surface area contributed by atoms with Crippen molar-refractivity contribution in [3.63, 3.8) is 0 Å². The zero-order chi connectivity index (χ0) is 60.4. The largest absolute Gasteiger partial charge is 0.502 e. The molecule has 4 atom stereocenters. The molecule has 3 rings (SSSR count). The number of hydrogen-bond acceptors (Lipinski definition) is 7. The number of unbranched alkanes of at least 4 members (excludes halogenated alkanes) is 6. The Labute approximate surface area is 471 Å². The predicted octanol–water partition coefficient (Wildman–Crippen LogP) is 19.2. The number of allylic oxidation sites excluding steroid dienone is 6. The molecule has 0 saturated heterocycles. The van der Waals surface area contributed by atoms with Crippen molar-refractivity contribution in [3.05, 3.63) is 177 Å². The van der Waals surface area contributed by atoms with Crippen LogP contribution in [0.1, 0.15) is 203 Å². The maximum Gasteiger partial charge on any atom is 0.152 e. The van der Waals surface area contributed by atoms with Gasteiger partial charge in [0.05, 0.1) is 31.2 Å². The first-order valence-corrected chi connectivity index (χ1v) is 29.8. The van der Waals surface area contributed by atoms with Crippen LogP contribution in [0.15, 0.2) is 165 Å². The number of carbonyl (C=O) groups is 2. The molecular weight excluding hydrogens is 961 g/mol. The Morgan fingerprint density at radius 1 is 0.697 bits per heavy atom. The lowest BCUT2D eigenvalue weighted by Gasteiger charge is -2.09. The third-order valence-corrected chi connectivity index (χ3v) is 11.0. The van der Waals surface area contributed by atoms with Crippen LogP contribution in [0, 0.1) is 6.92 Å². The van der Waals surface area contributed by atoms with Gasteiger partial charge in [0.1, 0.15) is 5.78 Å². The quantitative estimate of drug-likeness (QED) is 0.0359. The van der Waals surface area contributed by atoms with Gasteiger partial charge in [0.15, 0.2) is 5.78 Å². The predicted molar refractivity (Wildman–Crippen MR) is 343 cm³/mol. The number of aliphatic hydroxyl groups is 2. The van der Waals surface area contributed by atoms with Gasteiger partial charge in [-0.25, -0.2) is 0 Å². The fourth-order valence-corrected chi connectivity index (χ4v) is 5.21. The molecule has 0 amide bonds. The molecule has 2 N–H and O–H groups in total. The monoisotopic (exact) mass is 1080 g/mol. The van der Waals surface area contributed by atoms with Crippen LogP contribution >= 0.6 is 0 Å². The van der Waals surface area contributed by atoms with Gasteiger partial charge in [-0.2, -0.15) is 0 Å². The highest BCUT2D eigenvalue weighted by Crippen LogP contribution is 2.16. The van der Waals surface area contributed by atoms with Crippen LogP contribution in [0.5, 0.6) is 0 Å². The molecule has 0 aliphatic heterocycles. The standard InChI is InChI=1S/C10H12O.C9H12OS.C8H10.C7H14O.C7H14.C5H12O2.C5H12.C5H10.C4H8O.C4H6O.C4H8/c1-3-10(11-2)9-7-5-4-6-8-9;1-8-4-6-9(7-5-8)11(2,3)10;1-2-8-6-4-3-5-7-8;1-4-5-6-7(2)8-3;1-3-5-7-6-4-2;1-3-5(7)4(2)6;2*1-3-5-4-2;2*1-3-4(2)5;1-3-4-2/h3-8,10H,1H2,2H3;4-7H,2H2,1,3H3;3-7H,2H2,1H3;2,4-6H2,1,3H3;3H,1,4-7H2,2H3;4-7H,3H2,1-2H3;3-5H2,1-2H3;3,5H,4H2,1-2H3;3H2,1-2H3;3H,1H2,2H3;3H,1,4H2,2H3/b;;;;;;;5-3+;;;/t;;;;;4-,5-;;;;;/m.....1...../s1. The van der Waals surface area contributed by atoms with Crippen LogP contribution in [-0.4, -0.2) is 64.5 Å². The van der Waals surface area contributed by atoms with Crippen molar-refractivity contribution in [2.45, 2.75) is 216 Å². The second kappa shape index (κ2) is 72.2. The van der Waals surface area contributed by atoms with Crippen LogP contribution in [0.2, 0.25) is 0 Å². The third kappa shape index (κ3) is 83.1. The lowest BCUT2D eigenvalue weighted by atomic mass is 10.1. The number of hydrogen-bond donors (Lipinski definition) is 2. The molecule has 0 fully saturated rings. The van der Waals surface area contributed by atoms with Crippen LogP contribution in [0.25, 0.3) is 0 Å². The average molecular weight is 1080 g/mol. The van der Waals surface area contributed by atoms with E-state index in [1.807, 2.05) is 101 Å². The molecule has 0 heterocycles. The van der Waals surface area contributed by atoms with Gasteiger partial charge in [0, 0.05) is 31.1 Å². The van der Waals surface area contributed by atoms with Gasteiger partial charge >= 0.3 is 0 Å². The van der Waals surface area contributed by atoms with E-state index in [-0.39, 0.29) is 17.7 Å². The first-order chi connectivity index (χ1) is 36.0. The summed E-state index contributed by atoms with van der Waals surface area (Å²) in [5.41, 5.74) is 3.73. The fourth-order valence-electron chi connectivity index (χ4n) is 4.50. The van der Waals surface area contributed by atoms with E-state index < -0.39 is 21.7 Å². The van der Waals surface area contributed by atoms with Gasteiger partial charge in [-0.15, -0.1) is 19.7 Å². The SMILES string of the molecule is C/C=C/CC.C=C(CCCC)OC.C=CC(C)=O.C=CC(OC)c1ccccc1.C=CCC.C=CCCCCC.C=S(C)(=O)c1ccc(C)cc1.CCC(C)=O.CCCCC.CC[C@@H](O)[C@@H](C)O.CCc1ccccc1. The number of carbonyl (C=O) groups excluding carboxylic acids is 2. The summed E-state index contributed by atoms with van der Waals surface area (Å²) in [5.74, 6) is 4.77. The van der Waals surface area contributed by atoms with E-state index in [9.17, 15) is 13.8 Å².